The Morgan fingerprint density at radius 3 is 2.56 bits per heavy atom. The van der Waals surface area contributed by atoms with Crippen LogP contribution >= 0.6 is 0 Å². The molecule has 96 valence electrons. The molecule has 2 atom stereocenters. The lowest BCUT2D eigenvalue weighted by molar-refractivity contribution is -0.148. The Morgan fingerprint density at radius 1 is 1.28 bits per heavy atom. The van der Waals surface area contributed by atoms with Gasteiger partial charge in [-0.05, 0) is 31.9 Å². The Balaban J connectivity index is 1.95. The Labute approximate surface area is 107 Å². The van der Waals surface area contributed by atoms with Crippen molar-refractivity contribution in [2.24, 2.45) is 0 Å². The van der Waals surface area contributed by atoms with E-state index < -0.39 is 6.10 Å². The van der Waals surface area contributed by atoms with Crippen LogP contribution in [-0.4, -0.2) is 24.3 Å². The molecule has 0 radical (unpaired) electrons. The lowest BCUT2D eigenvalue weighted by Gasteiger charge is -2.05. The fraction of sp³-hybridized carbons (Fsp3) is 0.400. The maximum atomic E-state index is 11.6. The van der Waals surface area contributed by atoms with Crippen molar-refractivity contribution in [1.29, 1.82) is 0 Å². The highest BCUT2D eigenvalue weighted by Crippen LogP contribution is 2.31. The van der Waals surface area contributed by atoms with Crippen molar-refractivity contribution in [1.82, 2.24) is 0 Å². The van der Waals surface area contributed by atoms with Crippen molar-refractivity contribution in [3.63, 3.8) is 0 Å². The van der Waals surface area contributed by atoms with Gasteiger partial charge in [-0.25, -0.2) is 4.79 Å². The van der Waals surface area contributed by atoms with Gasteiger partial charge in [-0.3, -0.25) is 0 Å². The summed E-state index contributed by atoms with van der Waals surface area (Å²) in [6.45, 7) is 5.64. The minimum absolute atomic E-state index is 0.0965. The maximum absolute atomic E-state index is 11.6. The van der Waals surface area contributed by atoms with Crippen LogP contribution in [0.1, 0.15) is 26.3 Å². The summed E-state index contributed by atoms with van der Waals surface area (Å²) in [5.74, 6) is -0.268. The molecule has 1 aliphatic heterocycles. The molecule has 0 aliphatic carbocycles. The first-order valence-corrected chi connectivity index (χ1v) is 6.17. The third kappa shape index (κ3) is 3.20. The summed E-state index contributed by atoms with van der Waals surface area (Å²) in [6, 6.07) is 9.98. The van der Waals surface area contributed by atoms with E-state index in [1.54, 1.807) is 0 Å². The summed E-state index contributed by atoms with van der Waals surface area (Å²) in [5, 5.41) is 0. The first kappa shape index (κ1) is 12.8. The van der Waals surface area contributed by atoms with Crippen molar-refractivity contribution < 1.29 is 14.3 Å². The zero-order valence-electron chi connectivity index (χ0n) is 10.9. The number of benzene rings is 1. The fourth-order valence-electron chi connectivity index (χ4n) is 1.83. The molecule has 3 heteroatoms. The van der Waals surface area contributed by atoms with Crippen LogP contribution in [0.4, 0.5) is 0 Å². The van der Waals surface area contributed by atoms with Crippen molar-refractivity contribution in [2.75, 3.05) is 0 Å². The SMILES string of the molecule is C/C(=C\c1ccccc1)[C@H]1O[C@@H]1C(=O)OC(C)C. The topological polar surface area (TPSA) is 38.8 Å². The zero-order chi connectivity index (χ0) is 13.1. The van der Waals surface area contributed by atoms with Crippen LogP contribution in [0.15, 0.2) is 35.9 Å². The molecule has 0 bridgehead atoms. The van der Waals surface area contributed by atoms with Crippen molar-refractivity contribution in [2.45, 2.75) is 39.1 Å². The minimum Gasteiger partial charge on any atom is -0.461 e. The van der Waals surface area contributed by atoms with Gasteiger partial charge in [0.1, 0.15) is 6.10 Å². The summed E-state index contributed by atoms with van der Waals surface area (Å²) >= 11 is 0. The lowest BCUT2D eigenvalue weighted by Crippen LogP contribution is -2.18. The normalized spacial score (nSPS) is 23.0. The second kappa shape index (κ2) is 5.36. The van der Waals surface area contributed by atoms with E-state index in [0.29, 0.717) is 0 Å². The maximum Gasteiger partial charge on any atom is 0.338 e. The van der Waals surface area contributed by atoms with Gasteiger partial charge in [-0.1, -0.05) is 36.4 Å². The van der Waals surface area contributed by atoms with E-state index in [2.05, 4.69) is 0 Å². The van der Waals surface area contributed by atoms with E-state index in [9.17, 15) is 4.79 Å². The molecule has 3 nitrogen and oxygen atoms in total. The number of hydrogen-bond acceptors (Lipinski definition) is 3. The second-order valence-corrected chi connectivity index (χ2v) is 4.76. The molecule has 2 rings (SSSR count). The molecular formula is C15H18O3. The van der Waals surface area contributed by atoms with Gasteiger partial charge in [0.15, 0.2) is 6.10 Å². The smallest absolute Gasteiger partial charge is 0.338 e. The average Bonchev–Trinajstić information content (AvgIpc) is 3.09. The standard InChI is InChI=1S/C15H18O3/c1-10(2)17-15(16)14-13(18-14)11(3)9-12-7-5-4-6-8-12/h4-10,13-14H,1-3H3/b11-9+/t13-,14+/m1/s1. The Hall–Kier alpha value is -1.61. The van der Waals surface area contributed by atoms with Crippen LogP contribution in [-0.2, 0) is 14.3 Å². The number of carbonyl (C=O) groups excluding carboxylic acids is 1. The second-order valence-electron chi connectivity index (χ2n) is 4.76. The van der Waals surface area contributed by atoms with E-state index >= 15 is 0 Å². The molecule has 18 heavy (non-hydrogen) atoms. The van der Waals surface area contributed by atoms with Gasteiger partial charge in [-0.15, -0.1) is 0 Å². The molecule has 0 N–H and O–H groups in total. The number of ether oxygens (including phenoxy) is 2. The molecule has 1 saturated heterocycles. The molecular weight excluding hydrogens is 228 g/mol. The quantitative estimate of drug-likeness (QED) is 0.605. The van der Waals surface area contributed by atoms with Crippen molar-refractivity contribution in [3.05, 3.63) is 41.5 Å². The predicted molar refractivity (Wildman–Crippen MR) is 70.0 cm³/mol. The van der Waals surface area contributed by atoms with Crippen LogP contribution in [0.2, 0.25) is 0 Å². The highest BCUT2D eigenvalue weighted by molar-refractivity contribution is 5.79. The third-order valence-electron chi connectivity index (χ3n) is 2.72. The molecule has 0 unspecified atom stereocenters. The first-order valence-electron chi connectivity index (χ1n) is 6.17. The molecule has 0 saturated carbocycles. The minimum atomic E-state index is -0.424. The molecule has 0 aromatic heterocycles. The van der Waals surface area contributed by atoms with E-state index in [1.165, 1.54) is 0 Å². The molecule has 1 aromatic carbocycles. The summed E-state index contributed by atoms with van der Waals surface area (Å²) in [4.78, 5) is 11.6. The van der Waals surface area contributed by atoms with Crippen LogP contribution in [0, 0.1) is 0 Å². The monoisotopic (exact) mass is 246 g/mol. The van der Waals surface area contributed by atoms with Gasteiger partial charge in [0.05, 0.1) is 6.10 Å². The van der Waals surface area contributed by atoms with Gasteiger partial charge >= 0.3 is 5.97 Å². The van der Waals surface area contributed by atoms with E-state index in [-0.39, 0.29) is 18.2 Å². The van der Waals surface area contributed by atoms with E-state index in [0.717, 1.165) is 11.1 Å². The highest BCUT2D eigenvalue weighted by atomic mass is 16.6. The van der Waals surface area contributed by atoms with Crippen LogP contribution in [0.25, 0.3) is 6.08 Å². The summed E-state index contributed by atoms with van der Waals surface area (Å²) in [7, 11) is 0. The largest absolute Gasteiger partial charge is 0.461 e. The van der Waals surface area contributed by atoms with E-state index in [4.69, 9.17) is 9.47 Å². The Kier molecular flexibility index (Phi) is 3.82. The molecule has 1 aliphatic rings. The van der Waals surface area contributed by atoms with Gasteiger partial charge < -0.3 is 9.47 Å². The fourth-order valence-corrected chi connectivity index (χ4v) is 1.83. The summed E-state index contributed by atoms with van der Waals surface area (Å²) in [5.41, 5.74) is 2.16. The highest BCUT2D eigenvalue weighted by Gasteiger charge is 2.47. The van der Waals surface area contributed by atoms with Crippen LogP contribution in [0.5, 0.6) is 0 Å². The predicted octanol–water partition coefficient (Wildman–Crippen LogP) is 2.81. The average molecular weight is 246 g/mol. The number of hydrogen-bond donors (Lipinski definition) is 0. The van der Waals surface area contributed by atoms with Crippen molar-refractivity contribution in [3.8, 4) is 0 Å². The third-order valence-corrected chi connectivity index (χ3v) is 2.72. The Morgan fingerprint density at radius 2 is 1.94 bits per heavy atom. The Bertz CT molecular complexity index is 448. The van der Waals surface area contributed by atoms with Gasteiger partial charge in [-0.2, -0.15) is 0 Å². The summed E-state index contributed by atoms with van der Waals surface area (Å²) in [6.07, 6.45) is 1.39. The molecule has 0 spiro atoms. The molecule has 0 amide bonds. The van der Waals surface area contributed by atoms with Gasteiger partial charge in [0.25, 0.3) is 0 Å². The molecule has 1 fully saturated rings. The number of epoxide rings is 1. The van der Waals surface area contributed by atoms with Crippen LogP contribution < -0.4 is 0 Å². The van der Waals surface area contributed by atoms with Crippen LogP contribution in [0.3, 0.4) is 0 Å². The number of rotatable bonds is 4. The summed E-state index contributed by atoms with van der Waals surface area (Å²) < 4.78 is 10.5. The van der Waals surface area contributed by atoms with E-state index in [1.807, 2.05) is 57.2 Å². The lowest BCUT2D eigenvalue weighted by atomic mass is 10.1. The number of carbonyl (C=O) groups is 1. The first-order chi connectivity index (χ1) is 8.58. The van der Waals surface area contributed by atoms with Gasteiger partial charge in [0.2, 0.25) is 0 Å². The van der Waals surface area contributed by atoms with Crippen molar-refractivity contribution >= 4 is 12.0 Å². The van der Waals surface area contributed by atoms with Gasteiger partial charge in [0, 0.05) is 0 Å². The molecule has 1 heterocycles. The number of esters is 1. The zero-order valence-corrected chi connectivity index (χ0v) is 10.9. The molecule has 1 aromatic rings.